The van der Waals surface area contributed by atoms with E-state index in [0.717, 1.165) is 28.8 Å². The number of amides is 4. The molecule has 1 unspecified atom stereocenters. The molecule has 0 radical (unpaired) electrons. The summed E-state index contributed by atoms with van der Waals surface area (Å²) in [4.78, 5) is 42.4. The van der Waals surface area contributed by atoms with Crippen molar-refractivity contribution in [3.63, 3.8) is 0 Å². The van der Waals surface area contributed by atoms with Crippen molar-refractivity contribution in [3.8, 4) is 0 Å². The summed E-state index contributed by atoms with van der Waals surface area (Å²) in [5.74, 6) is 0.176. The van der Waals surface area contributed by atoms with Crippen LogP contribution in [0, 0.1) is 5.92 Å². The van der Waals surface area contributed by atoms with E-state index in [9.17, 15) is 14.4 Å². The van der Waals surface area contributed by atoms with E-state index in [4.69, 9.17) is 0 Å². The van der Waals surface area contributed by atoms with E-state index in [1.807, 2.05) is 35.9 Å². The number of carbonyl (C=O) groups excluding carboxylic acids is 3. The zero-order chi connectivity index (χ0) is 18.5. The third kappa shape index (κ3) is 2.61. The molecule has 2 aromatic rings. The summed E-state index contributed by atoms with van der Waals surface area (Å²) >= 11 is 0. The van der Waals surface area contributed by atoms with E-state index in [0.29, 0.717) is 5.82 Å². The predicted octanol–water partition coefficient (Wildman–Crippen LogP) is 0.910. The fraction of sp³-hybridized carbons (Fsp3) is 0.444. The quantitative estimate of drug-likeness (QED) is 0.779. The number of carbonyl (C=O) groups is 3. The normalized spacial score (nSPS) is 22.8. The van der Waals surface area contributed by atoms with Gasteiger partial charge in [0.2, 0.25) is 5.91 Å². The van der Waals surface area contributed by atoms with Crippen molar-refractivity contribution in [2.75, 3.05) is 6.54 Å². The Morgan fingerprint density at radius 2 is 2.08 bits per heavy atom. The van der Waals surface area contributed by atoms with Crippen LogP contribution in [0.25, 0.3) is 11.0 Å². The van der Waals surface area contributed by atoms with Gasteiger partial charge >= 0.3 is 6.03 Å². The Bertz CT molecular complexity index is 917. The van der Waals surface area contributed by atoms with Gasteiger partial charge in [-0.15, -0.1) is 0 Å². The first-order valence-electron chi connectivity index (χ1n) is 8.71. The zero-order valence-electron chi connectivity index (χ0n) is 14.8. The summed E-state index contributed by atoms with van der Waals surface area (Å²) < 4.78 is 1.91. The number of para-hydroxylation sites is 2. The molecule has 1 aromatic heterocycles. The SMILES string of the molecule is Cn1c(CNC(=O)CN2C(=O)NC(C)(C3CC3)C2=O)nc2ccccc21. The monoisotopic (exact) mass is 355 g/mol. The van der Waals surface area contributed by atoms with Crippen LogP contribution in [0.15, 0.2) is 24.3 Å². The molecule has 1 saturated carbocycles. The van der Waals surface area contributed by atoms with E-state index in [1.54, 1.807) is 6.92 Å². The highest BCUT2D eigenvalue weighted by atomic mass is 16.2. The number of imidazole rings is 1. The number of aryl methyl sites for hydroxylation is 1. The summed E-state index contributed by atoms with van der Waals surface area (Å²) in [7, 11) is 1.88. The molecule has 2 heterocycles. The molecule has 26 heavy (non-hydrogen) atoms. The summed E-state index contributed by atoms with van der Waals surface area (Å²) in [5, 5.41) is 5.48. The minimum atomic E-state index is -0.866. The van der Waals surface area contributed by atoms with Crippen LogP contribution >= 0.6 is 0 Å². The van der Waals surface area contributed by atoms with E-state index >= 15 is 0 Å². The highest BCUT2D eigenvalue weighted by Gasteiger charge is 2.56. The Hall–Kier alpha value is -2.90. The average Bonchev–Trinajstić information content (AvgIpc) is 3.39. The van der Waals surface area contributed by atoms with Crippen LogP contribution < -0.4 is 10.6 Å². The molecule has 1 aromatic carbocycles. The molecule has 1 aliphatic carbocycles. The maximum Gasteiger partial charge on any atom is 0.325 e. The van der Waals surface area contributed by atoms with Gasteiger partial charge in [-0.25, -0.2) is 9.78 Å². The third-order valence-corrected chi connectivity index (χ3v) is 5.32. The maximum atomic E-state index is 12.5. The number of aromatic nitrogens is 2. The lowest BCUT2D eigenvalue weighted by Gasteiger charge is -2.20. The first-order chi connectivity index (χ1) is 12.4. The number of nitrogens with one attached hydrogen (secondary N) is 2. The third-order valence-electron chi connectivity index (χ3n) is 5.32. The maximum absolute atomic E-state index is 12.5. The molecule has 4 amide bonds. The van der Waals surface area contributed by atoms with Crippen molar-refractivity contribution in [1.29, 1.82) is 0 Å². The molecule has 0 spiro atoms. The first-order valence-corrected chi connectivity index (χ1v) is 8.71. The minimum absolute atomic E-state index is 0.173. The molecule has 1 atom stereocenters. The number of urea groups is 1. The molecule has 8 heteroatoms. The second kappa shape index (κ2) is 5.82. The topological polar surface area (TPSA) is 96.3 Å². The first kappa shape index (κ1) is 16.6. The summed E-state index contributed by atoms with van der Waals surface area (Å²) in [6.45, 7) is 1.69. The molecular weight excluding hydrogens is 334 g/mol. The second-order valence-corrected chi connectivity index (χ2v) is 7.15. The number of hydrogen-bond acceptors (Lipinski definition) is 4. The van der Waals surface area contributed by atoms with Crippen LogP contribution in [0.2, 0.25) is 0 Å². The molecular formula is C18H21N5O3. The molecule has 1 aliphatic heterocycles. The summed E-state index contributed by atoms with van der Waals surface area (Å²) in [5.41, 5.74) is 0.967. The van der Waals surface area contributed by atoms with Crippen LogP contribution in [0.5, 0.6) is 0 Å². The van der Waals surface area contributed by atoms with E-state index in [-0.39, 0.29) is 30.8 Å². The number of imide groups is 1. The van der Waals surface area contributed by atoms with Gasteiger partial charge in [-0.3, -0.25) is 14.5 Å². The second-order valence-electron chi connectivity index (χ2n) is 7.15. The van der Waals surface area contributed by atoms with Gasteiger partial charge < -0.3 is 15.2 Å². The van der Waals surface area contributed by atoms with E-state index in [2.05, 4.69) is 15.6 Å². The fourth-order valence-electron chi connectivity index (χ4n) is 3.53. The van der Waals surface area contributed by atoms with Gasteiger partial charge in [-0.05, 0) is 37.8 Å². The number of nitrogens with zero attached hydrogens (tertiary/aromatic N) is 3. The van der Waals surface area contributed by atoms with Gasteiger partial charge in [-0.2, -0.15) is 0 Å². The molecule has 2 N–H and O–H groups in total. The Kier molecular flexibility index (Phi) is 3.71. The minimum Gasteiger partial charge on any atom is -0.347 e. The zero-order valence-corrected chi connectivity index (χ0v) is 14.8. The van der Waals surface area contributed by atoms with Gasteiger partial charge in [0.05, 0.1) is 17.6 Å². The molecule has 8 nitrogen and oxygen atoms in total. The van der Waals surface area contributed by atoms with Crippen LogP contribution in [0.1, 0.15) is 25.6 Å². The largest absolute Gasteiger partial charge is 0.347 e. The Morgan fingerprint density at radius 3 is 2.77 bits per heavy atom. The van der Waals surface area contributed by atoms with Crippen molar-refractivity contribution in [1.82, 2.24) is 25.1 Å². The lowest BCUT2D eigenvalue weighted by Crippen LogP contribution is -2.47. The Balaban J connectivity index is 1.40. The van der Waals surface area contributed by atoms with Crippen LogP contribution in [-0.4, -0.2) is 44.4 Å². The van der Waals surface area contributed by atoms with Gasteiger partial charge in [0.1, 0.15) is 17.9 Å². The van der Waals surface area contributed by atoms with Gasteiger partial charge in [0.25, 0.3) is 5.91 Å². The average molecular weight is 355 g/mol. The van der Waals surface area contributed by atoms with Crippen LogP contribution in [-0.2, 0) is 23.2 Å². The van der Waals surface area contributed by atoms with Crippen molar-refractivity contribution in [3.05, 3.63) is 30.1 Å². The molecule has 4 rings (SSSR count). The van der Waals surface area contributed by atoms with E-state index < -0.39 is 11.6 Å². The van der Waals surface area contributed by atoms with Crippen LogP contribution in [0.3, 0.4) is 0 Å². The van der Waals surface area contributed by atoms with Crippen molar-refractivity contribution in [2.45, 2.75) is 31.8 Å². The van der Waals surface area contributed by atoms with Gasteiger partial charge in [0.15, 0.2) is 0 Å². The number of fused-ring (bicyclic) bond motifs is 1. The molecule has 0 bridgehead atoms. The highest BCUT2D eigenvalue weighted by Crippen LogP contribution is 2.42. The summed E-state index contributed by atoms with van der Waals surface area (Å²) in [6.07, 6.45) is 1.85. The van der Waals surface area contributed by atoms with Crippen molar-refractivity contribution >= 4 is 28.9 Å². The highest BCUT2D eigenvalue weighted by molar-refractivity contribution is 6.09. The Morgan fingerprint density at radius 1 is 1.35 bits per heavy atom. The fourth-order valence-corrected chi connectivity index (χ4v) is 3.53. The predicted molar refractivity (Wildman–Crippen MR) is 93.9 cm³/mol. The molecule has 2 aliphatic rings. The number of hydrogen-bond donors (Lipinski definition) is 2. The molecule has 1 saturated heterocycles. The number of rotatable bonds is 5. The standard InChI is InChI=1S/C18H21N5O3/c1-18(11-7-8-11)16(25)23(17(26)21-18)10-15(24)19-9-14-20-12-5-3-4-6-13(12)22(14)2/h3-6,11H,7-10H2,1-2H3,(H,19,24)(H,21,26). The molecule has 136 valence electrons. The lowest BCUT2D eigenvalue weighted by atomic mass is 9.96. The van der Waals surface area contributed by atoms with Gasteiger partial charge in [0, 0.05) is 7.05 Å². The van der Waals surface area contributed by atoms with Crippen molar-refractivity contribution < 1.29 is 14.4 Å². The van der Waals surface area contributed by atoms with Gasteiger partial charge in [-0.1, -0.05) is 12.1 Å². The Labute approximate surface area is 150 Å². The number of benzene rings is 1. The lowest BCUT2D eigenvalue weighted by molar-refractivity contribution is -0.135. The van der Waals surface area contributed by atoms with E-state index in [1.165, 1.54) is 0 Å². The molecule has 2 fully saturated rings. The summed E-state index contributed by atoms with van der Waals surface area (Å²) in [6, 6.07) is 7.21. The van der Waals surface area contributed by atoms with Crippen molar-refractivity contribution in [2.24, 2.45) is 13.0 Å². The smallest absolute Gasteiger partial charge is 0.325 e. The van der Waals surface area contributed by atoms with Crippen LogP contribution in [0.4, 0.5) is 4.79 Å².